The van der Waals surface area contributed by atoms with Gasteiger partial charge in [0.05, 0.1) is 42.1 Å². The minimum atomic E-state index is -4.65. The summed E-state index contributed by atoms with van der Waals surface area (Å²) >= 11 is 0. The highest BCUT2D eigenvalue weighted by atomic mass is 19.4. The number of likely N-dealkylation sites (tertiary alicyclic amines) is 1. The van der Waals surface area contributed by atoms with E-state index in [1.54, 1.807) is 19.1 Å². The summed E-state index contributed by atoms with van der Waals surface area (Å²) in [5.41, 5.74) is 7.73. The van der Waals surface area contributed by atoms with Crippen LogP contribution in [0.1, 0.15) is 128 Å². The average molecular weight is 985 g/mol. The summed E-state index contributed by atoms with van der Waals surface area (Å²) in [5, 5.41) is 30.9. The molecule has 4 fully saturated rings. The van der Waals surface area contributed by atoms with E-state index >= 15 is 0 Å². The molecule has 18 heteroatoms. The largest absolute Gasteiger partial charge is 0.490 e. The normalized spacial score (nSPS) is 21.7. The second-order valence-corrected chi connectivity index (χ2v) is 21.4. The Labute approximate surface area is 418 Å². The third-order valence-electron chi connectivity index (χ3n) is 16.7. The summed E-state index contributed by atoms with van der Waals surface area (Å²) in [7, 11) is 1.96. The summed E-state index contributed by atoms with van der Waals surface area (Å²) in [5.74, 6) is 1.69. The molecule has 6 aliphatic rings. The van der Waals surface area contributed by atoms with Crippen molar-refractivity contribution < 1.29 is 27.5 Å². The van der Waals surface area contributed by atoms with Gasteiger partial charge in [-0.3, -0.25) is 19.0 Å². The zero-order valence-corrected chi connectivity index (χ0v) is 41.4. The summed E-state index contributed by atoms with van der Waals surface area (Å²) in [6, 6.07) is 14.1. The van der Waals surface area contributed by atoms with Crippen LogP contribution < -0.4 is 19.9 Å². The number of piperidine rings is 1. The molecular weight excluding hydrogens is 922 g/mol. The van der Waals surface area contributed by atoms with Gasteiger partial charge in [0.25, 0.3) is 5.91 Å². The number of nitrogens with zero attached hydrogens (tertiary/aromatic N) is 11. The number of anilines is 3. The van der Waals surface area contributed by atoms with E-state index in [0.29, 0.717) is 44.3 Å². The number of hydrogen-bond donors (Lipinski definition) is 1. The predicted octanol–water partition coefficient (Wildman–Crippen LogP) is 8.47. The summed E-state index contributed by atoms with van der Waals surface area (Å²) in [4.78, 5) is 35.3. The molecule has 0 bridgehead atoms. The number of nitriles is 1. The number of alkyl halides is 3. The molecule has 378 valence electrons. The van der Waals surface area contributed by atoms with E-state index in [4.69, 9.17) is 15.1 Å². The average Bonchev–Trinajstić information content (AvgIpc) is 3.99. The number of ether oxygens (including phenoxy) is 1. The maximum Gasteiger partial charge on any atom is 0.417 e. The van der Waals surface area contributed by atoms with Crippen LogP contribution in [0.5, 0.6) is 5.75 Å². The van der Waals surface area contributed by atoms with Gasteiger partial charge in [-0.15, -0.1) is 10.2 Å². The number of halogens is 3. The molecule has 5 aromatic rings. The Morgan fingerprint density at radius 2 is 1.68 bits per heavy atom. The lowest BCUT2D eigenvalue weighted by Crippen LogP contribution is -2.59. The number of benzene rings is 2. The molecule has 3 aromatic heterocycles. The Morgan fingerprint density at radius 3 is 2.36 bits per heavy atom. The topological polar surface area (TPSA) is 154 Å². The SMILES string of the molecule is CC(=O)N1CCc2c(c(N3CCCc4cc(-c5cnn(C)c5)c(C)cc43)nn2C2CCN(C3CCC4(CC3)CN(c3ccc(C(=O)NC5CCC(Oc6ccc(C#N)c(C(F)(F)F)c6)CC5)nn3)C4)CC2)C1. The molecule has 11 rings (SSSR count). The number of aryl methyl sites for hydroxylation is 3. The zero-order valence-electron chi connectivity index (χ0n) is 41.4. The smallest absolute Gasteiger partial charge is 0.417 e. The summed E-state index contributed by atoms with van der Waals surface area (Å²) in [6.45, 7) is 10.1. The van der Waals surface area contributed by atoms with Gasteiger partial charge in [0.2, 0.25) is 5.91 Å². The molecule has 2 amide bonds. The summed E-state index contributed by atoms with van der Waals surface area (Å²) < 4.78 is 50.4. The second-order valence-electron chi connectivity index (χ2n) is 21.4. The van der Waals surface area contributed by atoms with E-state index in [9.17, 15) is 22.8 Å². The lowest BCUT2D eigenvalue weighted by Gasteiger charge is -2.55. The van der Waals surface area contributed by atoms with Gasteiger partial charge < -0.3 is 29.7 Å². The van der Waals surface area contributed by atoms with Crippen LogP contribution in [0.3, 0.4) is 0 Å². The van der Waals surface area contributed by atoms with Crippen LogP contribution in [0.2, 0.25) is 0 Å². The first-order valence-corrected chi connectivity index (χ1v) is 25.9. The molecule has 72 heavy (non-hydrogen) atoms. The van der Waals surface area contributed by atoms with Crippen molar-refractivity contribution in [2.45, 2.75) is 134 Å². The number of hydrogen-bond acceptors (Lipinski definition) is 11. The molecular formula is C54H63F3N12O3. The Morgan fingerprint density at radius 1 is 0.903 bits per heavy atom. The standard InChI is InChI=1S/C54H63F3N12O3/c1-34-25-49-36(26-44(34)38-29-59-64(3)30-38)5-4-21-68(49)51-45-31-66(35(2)70)24-18-48(45)69(63-51)41-16-22-65(23-17-41)40-14-19-53(20-15-40)32-67(33-53)50-13-12-47(61-62-50)52(71)60-39-7-10-42(11-8-39)72-43-9-6-37(28-58)46(27-43)54(55,56)57/h6,9,12-13,25-27,29-30,39-42H,4-5,7-8,10-11,14-24,31-33H2,1-3H3,(H,60,71). The third-order valence-corrected chi connectivity index (χ3v) is 16.7. The lowest BCUT2D eigenvalue weighted by atomic mass is 9.67. The number of nitrogens with one attached hydrogen (secondary N) is 1. The molecule has 2 aliphatic carbocycles. The van der Waals surface area contributed by atoms with Crippen molar-refractivity contribution in [3.05, 3.63) is 94.1 Å². The molecule has 15 nitrogen and oxygen atoms in total. The van der Waals surface area contributed by atoms with E-state index in [1.807, 2.05) is 28.9 Å². The van der Waals surface area contributed by atoms with E-state index in [-0.39, 0.29) is 40.8 Å². The Balaban J connectivity index is 0.659. The van der Waals surface area contributed by atoms with Crippen molar-refractivity contribution in [2.75, 3.05) is 49.1 Å². The fraction of sp³-hybridized carbons (Fsp3) is 0.537. The zero-order chi connectivity index (χ0) is 49.9. The third kappa shape index (κ3) is 9.40. The van der Waals surface area contributed by atoms with Gasteiger partial charge in [-0.05, 0) is 143 Å². The number of rotatable bonds is 9. The van der Waals surface area contributed by atoms with Gasteiger partial charge in [0.1, 0.15) is 5.75 Å². The predicted molar refractivity (Wildman–Crippen MR) is 265 cm³/mol. The highest BCUT2D eigenvalue weighted by Crippen LogP contribution is 2.47. The van der Waals surface area contributed by atoms with Crippen LogP contribution in [0.15, 0.2) is 54.9 Å². The highest BCUT2D eigenvalue weighted by molar-refractivity contribution is 5.92. The van der Waals surface area contributed by atoms with Gasteiger partial charge in [-0.2, -0.15) is 28.6 Å². The Hall–Kier alpha value is -6.48. The van der Waals surface area contributed by atoms with E-state index in [0.717, 1.165) is 101 Å². The highest BCUT2D eigenvalue weighted by Gasteiger charge is 2.47. The molecule has 2 aromatic carbocycles. The van der Waals surface area contributed by atoms with Gasteiger partial charge in [-0.1, -0.05) is 0 Å². The van der Waals surface area contributed by atoms with Crippen LogP contribution in [0.4, 0.5) is 30.5 Å². The molecule has 1 N–H and O–H groups in total. The molecule has 7 heterocycles. The van der Waals surface area contributed by atoms with Crippen molar-refractivity contribution in [2.24, 2.45) is 12.5 Å². The van der Waals surface area contributed by atoms with Crippen LogP contribution in [-0.2, 0) is 37.4 Å². The lowest BCUT2D eigenvalue weighted by molar-refractivity contribution is -0.138. The molecule has 0 atom stereocenters. The van der Waals surface area contributed by atoms with Crippen molar-refractivity contribution in [1.29, 1.82) is 5.26 Å². The number of carbonyl (C=O) groups excluding carboxylic acids is 2. The van der Waals surface area contributed by atoms with Crippen LogP contribution in [0.25, 0.3) is 11.1 Å². The molecule has 2 saturated heterocycles. The number of fused-ring (bicyclic) bond motifs is 2. The number of carbonyl (C=O) groups is 2. The van der Waals surface area contributed by atoms with Crippen molar-refractivity contribution in [3.63, 3.8) is 0 Å². The monoisotopic (exact) mass is 985 g/mol. The Kier molecular flexibility index (Phi) is 12.7. The molecule has 4 aliphatic heterocycles. The van der Waals surface area contributed by atoms with E-state index in [1.165, 1.54) is 65.4 Å². The number of amides is 2. The van der Waals surface area contributed by atoms with Gasteiger partial charge in [-0.25, -0.2) is 0 Å². The van der Waals surface area contributed by atoms with Crippen LogP contribution >= 0.6 is 0 Å². The maximum absolute atomic E-state index is 13.4. The maximum atomic E-state index is 13.4. The second kappa shape index (κ2) is 19.2. The summed E-state index contributed by atoms with van der Waals surface area (Å²) in [6.07, 6.45) is 11.2. The fourth-order valence-corrected chi connectivity index (χ4v) is 12.7. The molecule has 1 spiro atoms. The van der Waals surface area contributed by atoms with Crippen molar-refractivity contribution >= 4 is 29.1 Å². The van der Waals surface area contributed by atoms with Crippen molar-refractivity contribution in [3.8, 4) is 22.9 Å². The van der Waals surface area contributed by atoms with E-state index in [2.05, 4.69) is 65.2 Å². The van der Waals surface area contributed by atoms with Gasteiger partial charge >= 0.3 is 6.18 Å². The minimum absolute atomic E-state index is 0.0777. The molecule has 0 radical (unpaired) electrons. The molecule has 0 unspecified atom stereocenters. The fourth-order valence-electron chi connectivity index (χ4n) is 12.7. The Bertz CT molecular complexity index is 2880. The van der Waals surface area contributed by atoms with Crippen molar-refractivity contribution in [1.82, 2.24) is 44.9 Å². The first-order valence-electron chi connectivity index (χ1n) is 25.9. The molecule has 2 saturated carbocycles. The first kappa shape index (κ1) is 47.8. The first-order chi connectivity index (χ1) is 34.7. The van der Waals surface area contributed by atoms with Gasteiger partial charge in [0, 0.05) is 106 Å². The van der Waals surface area contributed by atoms with Crippen LogP contribution in [-0.4, -0.2) is 109 Å². The van der Waals surface area contributed by atoms with Crippen LogP contribution in [0, 0.1) is 23.7 Å². The quantitative estimate of drug-likeness (QED) is 0.151. The number of aromatic nitrogens is 6. The van der Waals surface area contributed by atoms with E-state index < -0.39 is 17.3 Å². The minimum Gasteiger partial charge on any atom is -0.490 e. The van der Waals surface area contributed by atoms with Gasteiger partial charge in [0.15, 0.2) is 17.3 Å².